The van der Waals surface area contributed by atoms with Gasteiger partial charge >= 0.3 is 0 Å². The summed E-state index contributed by atoms with van der Waals surface area (Å²) < 4.78 is 3.88. The van der Waals surface area contributed by atoms with Crippen LogP contribution in [-0.2, 0) is 7.05 Å². The Morgan fingerprint density at radius 3 is 2.56 bits per heavy atom. The Bertz CT molecular complexity index is 867. The summed E-state index contributed by atoms with van der Waals surface area (Å²) in [6.07, 6.45) is 9.30. The summed E-state index contributed by atoms with van der Waals surface area (Å²) in [7, 11) is 1.92. The maximum atomic E-state index is 12.8. The number of nitrogens with one attached hydrogen (secondary N) is 1. The van der Waals surface area contributed by atoms with Gasteiger partial charge in [0.1, 0.15) is 0 Å². The summed E-state index contributed by atoms with van der Waals surface area (Å²) in [5.74, 6) is 0.835. The van der Waals surface area contributed by atoms with Crippen LogP contribution >= 0.6 is 11.8 Å². The molecule has 0 radical (unpaired) electrons. The van der Waals surface area contributed by atoms with Crippen LogP contribution in [0, 0.1) is 6.92 Å². The summed E-state index contributed by atoms with van der Waals surface area (Å²) in [5.41, 5.74) is 2.86. The molecule has 4 rings (SSSR count). The third-order valence-electron chi connectivity index (χ3n) is 5.27. The summed E-state index contributed by atoms with van der Waals surface area (Å²) >= 11 is 1.65. The number of thioether (sulfide) groups is 1. The van der Waals surface area contributed by atoms with Gasteiger partial charge in [-0.1, -0.05) is 37.4 Å². The van der Waals surface area contributed by atoms with Crippen molar-refractivity contribution < 1.29 is 0 Å². The van der Waals surface area contributed by atoms with E-state index in [4.69, 9.17) is 4.99 Å². The molecule has 1 saturated carbocycles. The van der Waals surface area contributed by atoms with Crippen LogP contribution in [0.4, 0.5) is 5.82 Å². The van der Waals surface area contributed by atoms with Gasteiger partial charge in [-0.25, -0.2) is 4.99 Å². The fourth-order valence-corrected chi connectivity index (χ4v) is 5.25. The summed E-state index contributed by atoms with van der Waals surface area (Å²) in [6.45, 7) is 4.04. The van der Waals surface area contributed by atoms with Crippen LogP contribution in [0.5, 0.6) is 0 Å². The van der Waals surface area contributed by atoms with Gasteiger partial charge in [0, 0.05) is 18.8 Å². The first-order valence-corrected chi connectivity index (χ1v) is 9.99. The molecule has 7 heteroatoms. The molecule has 134 valence electrons. The van der Waals surface area contributed by atoms with E-state index >= 15 is 0 Å². The van der Waals surface area contributed by atoms with Crippen LogP contribution in [0.3, 0.4) is 0 Å². The standard InChI is InChI=1S/C18H25N5OS/c1-11-14(10-22(3)20-11)16-15-17(19-12(2)25-16)23(21-18(15)24)13-8-6-4-5-7-9-13/h10,13,16H,4-9H2,1-3H3,(H,21,24)/t16-/m0/s1. The molecule has 1 atom stereocenters. The van der Waals surface area contributed by atoms with Crippen molar-refractivity contribution in [1.29, 1.82) is 0 Å². The molecule has 0 amide bonds. The van der Waals surface area contributed by atoms with Crippen molar-refractivity contribution in [3.8, 4) is 0 Å². The van der Waals surface area contributed by atoms with Gasteiger partial charge in [0.25, 0.3) is 5.56 Å². The van der Waals surface area contributed by atoms with E-state index < -0.39 is 0 Å². The minimum atomic E-state index is -0.0306. The third kappa shape index (κ3) is 2.99. The highest BCUT2D eigenvalue weighted by Gasteiger charge is 2.33. The number of rotatable bonds is 2. The molecule has 1 aliphatic heterocycles. The number of H-pyrrole nitrogens is 1. The van der Waals surface area contributed by atoms with Crippen LogP contribution in [0.15, 0.2) is 16.0 Å². The van der Waals surface area contributed by atoms with E-state index in [0.717, 1.165) is 40.5 Å². The first-order valence-electron chi connectivity index (χ1n) is 9.11. The van der Waals surface area contributed by atoms with Gasteiger partial charge in [0.05, 0.1) is 27.6 Å². The molecule has 0 bridgehead atoms. The lowest BCUT2D eigenvalue weighted by Gasteiger charge is -2.22. The molecule has 0 unspecified atom stereocenters. The first-order chi connectivity index (χ1) is 12.0. The fraction of sp³-hybridized carbons (Fsp3) is 0.611. The van der Waals surface area contributed by atoms with Gasteiger partial charge in [-0.15, -0.1) is 0 Å². The molecule has 1 fully saturated rings. The van der Waals surface area contributed by atoms with Crippen LogP contribution in [0.1, 0.15) is 73.6 Å². The molecule has 0 saturated heterocycles. The second kappa shape index (κ2) is 6.52. The lowest BCUT2D eigenvalue weighted by molar-refractivity contribution is 0.407. The van der Waals surface area contributed by atoms with Crippen molar-refractivity contribution in [2.24, 2.45) is 12.0 Å². The number of aryl methyl sites for hydroxylation is 2. The highest BCUT2D eigenvalue weighted by atomic mass is 32.2. The Morgan fingerprint density at radius 2 is 1.92 bits per heavy atom. The average molecular weight is 359 g/mol. The Balaban J connectivity index is 1.82. The van der Waals surface area contributed by atoms with E-state index in [9.17, 15) is 4.79 Å². The lowest BCUT2D eigenvalue weighted by Crippen LogP contribution is -2.14. The largest absolute Gasteiger partial charge is 0.275 e. The molecule has 0 spiro atoms. The number of fused-ring (bicyclic) bond motifs is 1. The predicted octanol–water partition coefficient (Wildman–Crippen LogP) is 4.00. The lowest BCUT2D eigenvalue weighted by atomic mass is 10.1. The van der Waals surface area contributed by atoms with E-state index in [1.807, 2.05) is 31.8 Å². The minimum absolute atomic E-state index is 0.00347. The molecular formula is C18H25N5OS. The second-order valence-electron chi connectivity index (χ2n) is 7.17. The quantitative estimate of drug-likeness (QED) is 0.824. The molecule has 0 aromatic carbocycles. The number of aromatic nitrogens is 4. The number of aromatic amines is 1. The van der Waals surface area contributed by atoms with Crippen molar-refractivity contribution in [3.63, 3.8) is 0 Å². The van der Waals surface area contributed by atoms with Gasteiger partial charge in [0.15, 0.2) is 5.82 Å². The van der Waals surface area contributed by atoms with Crippen molar-refractivity contribution in [2.75, 3.05) is 0 Å². The molecule has 2 aromatic rings. The maximum absolute atomic E-state index is 12.8. The van der Waals surface area contributed by atoms with Crippen molar-refractivity contribution in [3.05, 3.63) is 33.4 Å². The summed E-state index contributed by atoms with van der Waals surface area (Å²) in [5, 5.41) is 8.55. The number of hydrogen-bond acceptors (Lipinski definition) is 4. The molecule has 25 heavy (non-hydrogen) atoms. The van der Waals surface area contributed by atoms with Gasteiger partial charge in [0.2, 0.25) is 0 Å². The van der Waals surface area contributed by atoms with Gasteiger partial charge in [-0.3, -0.25) is 19.3 Å². The van der Waals surface area contributed by atoms with E-state index in [0.29, 0.717) is 6.04 Å². The van der Waals surface area contributed by atoms with E-state index in [2.05, 4.69) is 14.9 Å². The van der Waals surface area contributed by atoms with Crippen molar-refractivity contribution in [2.45, 2.75) is 63.7 Å². The molecule has 6 nitrogen and oxygen atoms in total. The Labute approximate surface area is 151 Å². The topological polar surface area (TPSA) is 68.0 Å². The zero-order chi connectivity index (χ0) is 17.6. The average Bonchev–Trinajstić information content (AvgIpc) is 2.93. The van der Waals surface area contributed by atoms with Crippen molar-refractivity contribution in [1.82, 2.24) is 19.6 Å². The third-order valence-corrected chi connectivity index (χ3v) is 6.43. The molecule has 2 aliphatic rings. The minimum Gasteiger partial charge on any atom is -0.275 e. The van der Waals surface area contributed by atoms with Crippen LogP contribution < -0.4 is 5.56 Å². The Morgan fingerprint density at radius 1 is 1.20 bits per heavy atom. The van der Waals surface area contributed by atoms with Gasteiger partial charge < -0.3 is 0 Å². The SMILES string of the molecule is CC1=Nc2c(c(=O)[nH]n2C2CCCCCC2)[C@H](c2cn(C)nc2C)S1. The van der Waals surface area contributed by atoms with Crippen molar-refractivity contribution >= 4 is 22.6 Å². The first kappa shape index (κ1) is 16.7. The highest BCUT2D eigenvalue weighted by Crippen LogP contribution is 2.45. The van der Waals surface area contributed by atoms with Crippen LogP contribution in [-0.4, -0.2) is 24.6 Å². The monoisotopic (exact) mass is 359 g/mol. The zero-order valence-electron chi connectivity index (χ0n) is 15.1. The highest BCUT2D eigenvalue weighted by molar-refractivity contribution is 8.14. The summed E-state index contributed by atoms with van der Waals surface area (Å²) in [6, 6.07) is 0.356. The molecule has 1 N–H and O–H groups in total. The normalized spacial score (nSPS) is 21.7. The van der Waals surface area contributed by atoms with E-state index in [1.54, 1.807) is 11.8 Å². The van der Waals surface area contributed by atoms with E-state index in [-0.39, 0.29) is 10.8 Å². The predicted molar refractivity (Wildman–Crippen MR) is 102 cm³/mol. The number of nitrogens with zero attached hydrogens (tertiary/aromatic N) is 4. The maximum Gasteiger partial charge on any atom is 0.271 e. The van der Waals surface area contributed by atoms with Gasteiger partial charge in [-0.2, -0.15) is 5.10 Å². The molecule has 1 aliphatic carbocycles. The zero-order valence-corrected chi connectivity index (χ0v) is 15.9. The molecular weight excluding hydrogens is 334 g/mol. The summed E-state index contributed by atoms with van der Waals surface area (Å²) in [4.78, 5) is 17.6. The van der Waals surface area contributed by atoms with E-state index in [1.165, 1.54) is 25.7 Å². The smallest absolute Gasteiger partial charge is 0.271 e. The second-order valence-corrected chi connectivity index (χ2v) is 8.46. The number of hydrogen-bond donors (Lipinski definition) is 1. The fourth-order valence-electron chi connectivity index (χ4n) is 4.08. The Kier molecular flexibility index (Phi) is 4.35. The molecule has 2 aromatic heterocycles. The van der Waals surface area contributed by atoms with Crippen LogP contribution in [0.25, 0.3) is 0 Å². The van der Waals surface area contributed by atoms with Gasteiger partial charge in [-0.05, 0) is 26.7 Å². The van der Waals surface area contributed by atoms with Crippen LogP contribution in [0.2, 0.25) is 0 Å². The Hall–Kier alpha value is -1.76. The number of aliphatic imine (C=N–C) groups is 1. The molecule has 3 heterocycles.